The van der Waals surface area contributed by atoms with Gasteiger partial charge in [-0.3, -0.25) is 4.90 Å². The lowest BCUT2D eigenvalue weighted by molar-refractivity contribution is 0.174. The van der Waals surface area contributed by atoms with Crippen molar-refractivity contribution in [3.05, 3.63) is 54.1 Å². The summed E-state index contributed by atoms with van der Waals surface area (Å²) in [6.07, 6.45) is 8.93. The number of aliphatic hydroxyl groups is 1. The highest BCUT2D eigenvalue weighted by Gasteiger charge is 2.29. The molecule has 5 heteroatoms. The summed E-state index contributed by atoms with van der Waals surface area (Å²) in [6, 6.07) is 9.88. The molecule has 128 valence electrons. The molecule has 2 N–H and O–H groups in total. The maximum Gasteiger partial charge on any atom is 0.0948 e. The number of benzene rings is 1. The van der Waals surface area contributed by atoms with Gasteiger partial charge in [-0.15, -0.1) is 0 Å². The molecule has 4 rings (SSSR count). The minimum absolute atomic E-state index is 0.148. The fourth-order valence-corrected chi connectivity index (χ4v) is 3.82. The van der Waals surface area contributed by atoms with Gasteiger partial charge in [0.05, 0.1) is 12.4 Å². The number of nitrogens with zero attached hydrogens (tertiary/aromatic N) is 3. The Bertz CT molecular complexity index is 651. The third kappa shape index (κ3) is 3.53. The number of imidazole rings is 1. The van der Waals surface area contributed by atoms with Gasteiger partial charge in [0.25, 0.3) is 0 Å². The van der Waals surface area contributed by atoms with E-state index in [0.29, 0.717) is 12.1 Å². The fourth-order valence-electron chi connectivity index (χ4n) is 3.82. The van der Waals surface area contributed by atoms with Crippen molar-refractivity contribution < 1.29 is 5.11 Å². The van der Waals surface area contributed by atoms with Crippen LogP contribution in [0.25, 0.3) is 0 Å². The van der Waals surface area contributed by atoms with E-state index in [1.54, 1.807) is 0 Å². The molecule has 2 aliphatic rings. The Morgan fingerprint density at radius 1 is 1.21 bits per heavy atom. The lowest BCUT2D eigenvalue weighted by Gasteiger charge is -2.37. The standard InChI is InChI=1S/C19H26N4O/c24-19-5-7-22(13-19)12-16-4-2-1-3-15(16)11-21-17-9-18(10-17)23-8-6-20-14-23/h1-4,6,8,14,17-19,21,24H,5,7,9-13H2. The average molecular weight is 326 g/mol. The molecule has 0 spiro atoms. The number of hydrogen-bond donors (Lipinski definition) is 2. The first kappa shape index (κ1) is 15.8. The van der Waals surface area contributed by atoms with Gasteiger partial charge < -0.3 is 15.0 Å². The van der Waals surface area contributed by atoms with Crippen molar-refractivity contribution in [1.82, 2.24) is 19.8 Å². The first-order chi connectivity index (χ1) is 11.8. The summed E-state index contributed by atoms with van der Waals surface area (Å²) in [4.78, 5) is 6.48. The summed E-state index contributed by atoms with van der Waals surface area (Å²) in [7, 11) is 0. The molecule has 2 aromatic rings. The van der Waals surface area contributed by atoms with Crippen molar-refractivity contribution >= 4 is 0 Å². The predicted octanol–water partition coefficient (Wildman–Crippen LogP) is 1.94. The molecular weight excluding hydrogens is 300 g/mol. The van der Waals surface area contributed by atoms with Gasteiger partial charge in [0.1, 0.15) is 0 Å². The molecule has 1 aliphatic heterocycles. The molecule has 1 aromatic carbocycles. The van der Waals surface area contributed by atoms with Crippen LogP contribution in [0.3, 0.4) is 0 Å². The number of aliphatic hydroxyl groups excluding tert-OH is 1. The molecule has 24 heavy (non-hydrogen) atoms. The summed E-state index contributed by atoms with van der Waals surface area (Å²) in [5.41, 5.74) is 2.76. The van der Waals surface area contributed by atoms with Gasteiger partial charge in [-0.25, -0.2) is 4.98 Å². The Morgan fingerprint density at radius 3 is 2.75 bits per heavy atom. The number of nitrogens with one attached hydrogen (secondary N) is 1. The maximum atomic E-state index is 9.71. The minimum atomic E-state index is -0.148. The Balaban J connectivity index is 1.29. The highest BCUT2D eigenvalue weighted by Crippen LogP contribution is 2.32. The Kier molecular flexibility index (Phi) is 4.65. The van der Waals surface area contributed by atoms with Crippen LogP contribution < -0.4 is 5.32 Å². The number of hydrogen-bond acceptors (Lipinski definition) is 4. The lowest BCUT2D eigenvalue weighted by Crippen LogP contribution is -2.41. The zero-order chi connectivity index (χ0) is 16.4. The summed E-state index contributed by atoms with van der Waals surface area (Å²) >= 11 is 0. The zero-order valence-electron chi connectivity index (χ0n) is 14.0. The van der Waals surface area contributed by atoms with Gasteiger partial charge in [0.15, 0.2) is 0 Å². The number of β-amino-alcohol motifs (C(OH)–C–C–N with tert-alkyl or cyclic N) is 1. The van der Waals surface area contributed by atoms with Crippen LogP contribution >= 0.6 is 0 Å². The normalized spacial score (nSPS) is 27.3. The molecule has 2 fully saturated rings. The van der Waals surface area contributed by atoms with Gasteiger partial charge in [-0.05, 0) is 30.4 Å². The summed E-state index contributed by atoms with van der Waals surface area (Å²) in [6.45, 7) is 3.67. The Morgan fingerprint density at radius 2 is 2.04 bits per heavy atom. The smallest absolute Gasteiger partial charge is 0.0948 e. The monoisotopic (exact) mass is 326 g/mol. The highest BCUT2D eigenvalue weighted by atomic mass is 16.3. The Hall–Kier alpha value is -1.69. The van der Waals surface area contributed by atoms with Crippen LogP contribution in [-0.4, -0.2) is 44.8 Å². The minimum Gasteiger partial charge on any atom is -0.392 e. The topological polar surface area (TPSA) is 53.3 Å². The van der Waals surface area contributed by atoms with E-state index >= 15 is 0 Å². The summed E-state index contributed by atoms with van der Waals surface area (Å²) in [5, 5.41) is 13.4. The van der Waals surface area contributed by atoms with Crippen molar-refractivity contribution in [2.45, 2.75) is 50.5 Å². The van der Waals surface area contributed by atoms with Crippen LogP contribution in [0.15, 0.2) is 43.0 Å². The summed E-state index contributed by atoms with van der Waals surface area (Å²) < 4.78 is 2.21. The molecule has 0 radical (unpaired) electrons. The molecule has 1 saturated heterocycles. The zero-order valence-corrected chi connectivity index (χ0v) is 14.0. The molecule has 2 heterocycles. The van der Waals surface area contributed by atoms with Crippen molar-refractivity contribution in [1.29, 1.82) is 0 Å². The van der Waals surface area contributed by atoms with Crippen molar-refractivity contribution in [2.24, 2.45) is 0 Å². The van der Waals surface area contributed by atoms with E-state index in [4.69, 9.17) is 0 Å². The maximum absolute atomic E-state index is 9.71. The number of likely N-dealkylation sites (tertiary alicyclic amines) is 1. The third-order valence-corrected chi connectivity index (χ3v) is 5.40. The van der Waals surface area contributed by atoms with E-state index in [1.807, 2.05) is 12.5 Å². The average Bonchev–Trinajstić information content (AvgIpc) is 3.19. The predicted molar refractivity (Wildman–Crippen MR) is 93.5 cm³/mol. The van der Waals surface area contributed by atoms with E-state index in [0.717, 1.165) is 32.6 Å². The van der Waals surface area contributed by atoms with Gasteiger partial charge >= 0.3 is 0 Å². The molecule has 1 aromatic heterocycles. The van der Waals surface area contributed by atoms with E-state index < -0.39 is 0 Å². The van der Waals surface area contributed by atoms with Gasteiger partial charge in [-0.1, -0.05) is 24.3 Å². The van der Waals surface area contributed by atoms with Crippen molar-refractivity contribution in [3.63, 3.8) is 0 Å². The van der Waals surface area contributed by atoms with E-state index in [1.165, 1.54) is 24.0 Å². The summed E-state index contributed by atoms with van der Waals surface area (Å²) in [5.74, 6) is 0. The fraction of sp³-hybridized carbons (Fsp3) is 0.526. The first-order valence-electron chi connectivity index (χ1n) is 8.96. The lowest BCUT2D eigenvalue weighted by atomic mass is 9.86. The molecule has 1 atom stereocenters. The van der Waals surface area contributed by atoms with Crippen molar-refractivity contribution in [2.75, 3.05) is 13.1 Å². The second-order valence-corrected chi connectivity index (χ2v) is 7.16. The first-order valence-corrected chi connectivity index (χ1v) is 8.96. The molecule has 0 amide bonds. The SMILES string of the molecule is OC1CCN(Cc2ccccc2CNC2CC(n3ccnc3)C2)C1. The number of aromatic nitrogens is 2. The largest absolute Gasteiger partial charge is 0.392 e. The molecule has 5 nitrogen and oxygen atoms in total. The van der Waals surface area contributed by atoms with Gasteiger partial charge in [0, 0.05) is 50.7 Å². The van der Waals surface area contributed by atoms with E-state index in [2.05, 4.69) is 50.2 Å². The van der Waals surface area contributed by atoms with E-state index in [-0.39, 0.29) is 6.10 Å². The Labute approximate surface area is 143 Å². The quantitative estimate of drug-likeness (QED) is 0.852. The van der Waals surface area contributed by atoms with Crippen LogP contribution in [0.2, 0.25) is 0 Å². The van der Waals surface area contributed by atoms with Crippen LogP contribution in [0.4, 0.5) is 0 Å². The highest BCUT2D eigenvalue weighted by molar-refractivity contribution is 5.27. The van der Waals surface area contributed by atoms with Crippen molar-refractivity contribution in [3.8, 4) is 0 Å². The molecule has 1 saturated carbocycles. The van der Waals surface area contributed by atoms with Gasteiger partial charge in [0.2, 0.25) is 0 Å². The van der Waals surface area contributed by atoms with Gasteiger partial charge in [-0.2, -0.15) is 0 Å². The van der Waals surface area contributed by atoms with E-state index in [9.17, 15) is 5.11 Å². The second-order valence-electron chi connectivity index (χ2n) is 7.16. The molecule has 0 bridgehead atoms. The van der Waals surface area contributed by atoms with Crippen LogP contribution in [-0.2, 0) is 13.1 Å². The number of rotatable bonds is 6. The second kappa shape index (κ2) is 7.05. The van der Waals surface area contributed by atoms with Crippen LogP contribution in [0.5, 0.6) is 0 Å². The molecular formula is C19H26N4O. The molecule has 1 aliphatic carbocycles. The van der Waals surface area contributed by atoms with Crippen LogP contribution in [0.1, 0.15) is 36.4 Å². The molecule has 1 unspecified atom stereocenters. The van der Waals surface area contributed by atoms with Crippen LogP contribution in [0, 0.1) is 0 Å². The third-order valence-electron chi connectivity index (χ3n) is 5.40.